The predicted octanol–water partition coefficient (Wildman–Crippen LogP) is 3.45. The van der Waals surface area contributed by atoms with Crippen molar-refractivity contribution in [1.29, 1.82) is 0 Å². The van der Waals surface area contributed by atoms with Crippen LogP contribution in [0.1, 0.15) is 29.3 Å². The van der Waals surface area contributed by atoms with E-state index in [0.717, 1.165) is 18.6 Å². The molecule has 0 bridgehead atoms. The summed E-state index contributed by atoms with van der Waals surface area (Å²) < 4.78 is 5.09. The van der Waals surface area contributed by atoms with Crippen molar-refractivity contribution in [2.75, 3.05) is 7.11 Å². The highest BCUT2D eigenvalue weighted by Crippen LogP contribution is 2.12. The highest BCUT2D eigenvalue weighted by molar-refractivity contribution is 5.94. The average Bonchev–Trinajstić information content (AvgIpc) is 2.54. The quantitative estimate of drug-likeness (QED) is 0.882. The second kappa shape index (κ2) is 7.48. The fourth-order valence-electron chi connectivity index (χ4n) is 2.15. The molecule has 21 heavy (non-hydrogen) atoms. The number of carbonyl (C=O) groups is 1. The number of carbonyl (C=O) groups excluding carboxylic acids is 1. The molecule has 0 fully saturated rings. The Morgan fingerprint density at radius 3 is 2.38 bits per heavy atom. The van der Waals surface area contributed by atoms with Crippen LogP contribution in [0.15, 0.2) is 54.6 Å². The molecule has 2 aromatic carbocycles. The van der Waals surface area contributed by atoms with E-state index in [0.29, 0.717) is 5.56 Å². The molecule has 0 spiro atoms. The maximum absolute atomic E-state index is 12.1. The van der Waals surface area contributed by atoms with Gasteiger partial charge >= 0.3 is 0 Å². The van der Waals surface area contributed by atoms with E-state index in [-0.39, 0.29) is 11.9 Å². The number of nitrogens with one attached hydrogen (secondary N) is 1. The third-order valence-corrected chi connectivity index (χ3v) is 3.44. The van der Waals surface area contributed by atoms with Gasteiger partial charge in [0.25, 0.3) is 5.91 Å². The number of amides is 1. The number of methoxy groups -OCH3 is 1. The highest BCUT2D eigenvalue weighted by atomic mass is 16.5. The molecule has 110 valence electrons. The van der Waals surface area contributed by atoms with E-state index in [1.165, 1.54) is 5.56 Å². The standard InChI is InChI=1S/C18H21NO2/c1-14(8-9-15-6-4-3-5-7-15)19-18(20)16-10-12-17(21-2)13-11-16/h3-7,10-14H,8-9H2,1-2H3,(H,19,20)/t14-/m1/s1. The Morgan fingerprint density at radius 1 is 1.10 bits per heavy atom. The minimum atomic E-state index is -0.0433. The van der Waals surface area contributed by atoms with Gasteiger partial charge < -0.3 is 10.1 Å². The Bertz CT molecular complexity index is 564. The zero-order valence-electron chi connectivity index (χ0n) is 12.5. The van der Waals surface area contributed by atoms with Crippen molar-refractivity contribution < 1.29 is 9.53 Å². The van der Waals surface area contributed by atoms with Crippen molar-refractivity contribution in [1.82, 2.24) is 5.32 Å². The lowest BCUT2D eigenvalue weighted by atomic mass is 10.1. The zero-order valence-corrected chi connectivity index (χ0v) is 12.5. The monoisotopic (exact) mass is 283 g/mol. The highest BCUT2D eigenvalue weighted by Gasteiger charge is 2.09. The first-order chi connectivity index (χ1) is 10.2. The molecule has 0 aliphatic carbocycles. The van der Waals surface area contributed by atoms with Crippen LogP contribution in [0.5, 0.6) is 5.75 Å². The molecule has 1 atom stereocenters. The van der Waals surface area contributed by atoms with Gasteiger partial charge in [0.15, 0.2) is 0 Å². The fourth-order valence-corrected chi connectivity index (χ4v) is 2.15. The minimum absolute atomic E-state index is 0.0433. The van der Waals surface area contributed by atoms with Gasteiger partial charge in [0, 0.05) is 11.6 Å². The van der Waals surface area contributed by atoms with Crippen molar-refractivity contribution in [2.45, 2.75) is 25.8 Å². The summed E-state index contributed by atoms with van der Waals surface area (Å²) in [6.07, 6.45) is 1.89. The van der Waals surface area contributed by atoms with Gasteiger partial charge in [-0.15, -0.1) is 0 Å². The molecule has 1 N–H and O–H groups in total. The third-order valence-electron chi connectivity index (χ3n) is 3.44. The van der Waals surface area contributed by atoms with E-state index < -0.39 is 0 Å². The maximum atomic E-state index is 12.1. The zero-order chi connectivity index (χ0) is 15.1. The second-order valence-corrected chi connectivity index (χ2v) is 5.13. The molecule has 3 heteroatoms. The molecular weight excluding hydrogens is 262 g/mol. The summed E-state index contributed by atoms with van der Waals surface area (Å²) in [6.45, 7) is 2.03. The Morgan fingerprint density at radius 2 is 1.76 bits per heavy atom. The molecular formula is C18H21NO2. The molecule has 0 unspecified atom stereocenters. The summed E-state index contributed by atoms with van der Waals surface area (Å²) in [6, 6.07) is 17.6. The molecule has 0 aliphatic rings. The summed E-state index contributed by atoms with van der Waals surface area (Å²) in [7, 11) is 1.61. The van der Waals surface area contributed by atoms with E-state index in [4.69, 9.17) is 4.74 Å². The summed E-state index contributed by atoms with van der Waals surface area (Å²) in [5.74, 6) is 0.710. The molecule has 0 aromatic heterocycles. The summed E-state index contributed by atoms with van der Waals surface area (Å²) in [4.78, 5) is 12.1. The first-order valence-electron chi connectivity index (χ1n) is 7.18. The normalized spacial score (nSPS) is 11.7. The van der Waals surface area contributed by atoms with Crippen molar-refractivity contribution in [3.05, 3.63) is 65.7 Å². The van der Waals surface area contributed by atoms with Crippen LogP contribution in [-0.4, -0.2) is 19.1 Å². The number of aryl methyl sites for hydroxylation is 1. The van der Waals surface area contributed by atoms with Crippen LogP contribution in [-0.2, 0) is 6.42 Å². The van der Waals surface area contributed by atoms with Crippen LogP contribution in [0, 0.1) is 0 Å². The van der Waals surface area contributed by atoms with Gasteiger partial charge in [-0.3, -0.25) is 4.79 Å². The SMILES string of the molecule is COc1ccc(C(=O)N[C@H](C)CCc2ccccc2)cc1. The number of hydrogen-bond acceptors (Lipinski definition) is 2. The Kier molecular flexibility index (Phi) is 5.38. The Balaban J connectivity index is 1.83. The van der Waals surface area contributed by atoms with Crippen LogP contribution >= 0.6 is 0 Å². The van der Waals surface area contributed by atoms with Crippen LogP contribution < -0.4 is 10.1 Å². The number of benzene rings is 2. The summed E-state index contributed by atoms with van der Waals surface area (Å²) in [5, 5.41) is 3.02. The number of hydrogen-bond donors (Lipinski definition) is 1. The van der Waals surface area contributed by atoms with Crippen molar-refractivity contribution in [3.8, 4) is 5.75 Å². The Labute approximate surface area is 126 Å². The van der Waals surface area contributed by atoms with Crippen molar-refractivity contribution >= 4 is 5.91 Å². The van der Waals surface area contributed by atoms with Gasteiger partial charge in [0.05, 0.1) is 7.11 Å². The first-order valence-corrected chi connectivity index (χ1v) is 7.18. The van der Waals surface area contributed by atoms with Gasteiger partial charge in [-0.25, -0.2) is 0 Å². The predicted molar refractivity (Wildman–Crippen MR) is 84.7 cm³/mol. The molecule has 0 radical (unpaired) electrons. The van der Waals surface area contributed by atoms with E-state index in [1.54, 1.807) is 31.4 Å². The molecule has 1 amide bonds. The first kappa shape index (κ1) is 15.1. The van der Waals surface area contributed by atoms with Gasteiger partial charge in [-0.2, -0.15) is 0 Å². The molecule has 0 saturated carbocycles. The summed E-state index contributed by atoms with van der Waals surface area (Å²) >= 11 is 0. The van der Waals surface area contributed by atoms with E-state index >= 15 is 0 Å². The van der Waals surface area contributed by atoms with Crippen LogP contribution in [0.25, 0.3) is 0 Å². The number of ether oxygens (including phenoxy) is 1. The fraction of sp³-hybridized carbons (Fsp3) is 0.278. The molecule has 3 nitrogen and oxygen atoms in total. The van der Waals surface area contributed by atoms with E-state index in [2.05, 4.69) is 17.4 Å². The van der Waals surface area contributed by atoms with E-state index in [1.807, 2.05) is 25.1 Å². The largest absolute Gasteiger partial charge is 0.497 e. The molecule has 0 heterocycles. The topological polar surface area (TPSA) is 38.3 Å². The van der Waals surface area contributed by atoms with Crippen LogP contribution in [0.3, 0.4) is 0 Å². The second-order valence-electron chi connectivity index (χ2n) is 5.13. The van der Waals surface area contributed by atoms with Gasteiger partial charge in [-0.1, -0.05) is 30.3 Å². The lowest BCUT2D eigenvalue weighted by Crippen LogP contribution is -2.32. The van der Waals surface area contributed by atoms with E-state index in [9.17, 15) is 4.79 Å². The maximum Gasteiger partial charge on any atom is 0.251 e. The van der Waals surface area contributed by atoms with Gasteiger partial charge in [0.2, 0.25) is 0 Å². The van der Waals surface area contributed by atoms with Crippen molar-refractivity contribution in [2.24, 2.45) is 0 Å². The summed E-state index contributed by atoms with van der Waals surface area (Å²) in [5.41, 5.74) is 1.95. The van der Waals surface area contributed by atoms with Crippen LogP contribution in [0.2, 0.25) is 0 Å². The average molecular weight is 283 g/mol. The third kappa shape index (κ3) is 4.63. The minimum Gasteiger partial charge on any atom is -0.497 e. The molecule has 0 aliphatic heterocycles. The molecule has 2 rings (SSSR count). The lowest BCUT2D eigenvalue weighted by molar-refractivity contribution is 0.0938. The molecule has 2 aromatic rings. The Hall–Kier alpha value is -2.29. The van der Waals surface area contributed by atoms with Crippen molar-refractivity contribution in [3.63, 3.8) is 0 Å². The smallest absolute Gasteiger partial charge is 0.251 e. The number of rotatable bonds is 6. The molecule has 0 saturated heterocycles. The van der Waals surface area contributed by atoms with Crippen LogP contribution in [0.4, 0.5) is 0 Å². The van der Waals surface area contributed by atoms with Gasteiger partial charge in [0.1, 0.15) is 5.75 Å². The lowest BCUT2D eigenvalue weighted by Gasteiger charge is -2.14. The van der Waals surface area contributed by atoms with Gasteiger partial charge in [-0.05, 0) is 49.6 Å².